The summed E-state index contributed by atoms with van der Waals surface area (Å²) in [7, 11) is 2.03. The molecule has 0 aliphatic carbocycles. The van der Waals surface area contributed by atoms with Gasteiger partial charge in [-0.3, -0.25) is 9.69 Å². The summed E-state index contributed by atoms with van der Waals surface area (Å²) in [5.41, 5.74) is 1.17. The van der Waals surface area contributed by atoms with Crippen LogP contribution in [0.4, 0.5) is 0 Å². The molecule has 0 N–H and O–H groups in total. The first-order valence-corrected chi connectivity index (χ1v) is 10.6. The molecule has 2 heterocycles. The van der Waals surface area contributed by atoms with E-state index in [1.54, 1.807) is 11.8 Å². The fourth-order valence-electron chi connectivity index (χ4n) is 3.21. The Labute approximate surface area is 166 Å². The molecule has 3 rings (SSSR count). The maximum Gasteiger partial charge on any atom is 0.233 e. The molecule has 1 aliphatic heterocycles. The molecule has 1 aliphatic rings. The minimum absolute atomic E-state index is 0.201. The van der Waals surface area contributed by atoms with Crippen LogP contribution in [0.15, 0.2) is 53.6 Å². The van der Waals surface area contributed by atoms with Crippen LogP contribution in [0.25, 0.3) is 0 Å². The first-order valence-electron chi connectivity index (χ1n) is 9.58. The number of amides is 1. The van der Waals surface area contributed by atoms with Crippen LogP contribution in [-0.4, -0.2) is 65.4 Å². The molecule has 0 spiro atoms. The molecule has 0 bridgehead atoms. The molecule has 146 valence electrons. The zero-order valence-electron chi connectivity index (χ0n) is 16.0. The molecule has 1 fully saturated rings. The molecule has 27 heavy (non-hydrogen) atoms. The normalized spacial score (nSPS) is 15.0. The third kappa shape index (κ3) is 6.41. The summed E-state index contributed by atoms with van der Waals surface area (Å²) in [6, 6.07) is 14.2. The molecule has 6 heteroatoms. The van der Waals surface area contributed by atoms with Gasteiger partial charge >= 0.3 is 0 Å². The molecule has 1 saturated heterocycles. The van der Waals surface area contributed by atoms with Gasteiger partial charge in [-0.05, 0) is 30.7 Å². The van der Waals surface area contributed by atoms with E-state index in [1.807, 2.05) is 42.4 Å². The Balaban J connectivity index is 1.54. The predicted octanol–water partition coefficient (Wildman–Crippen LogP) is 2.87. The van der Waals surface area contributed by atoms with Gasteiger partial charge in [-0.1, -0.05) is 18.2 Å². The molecule has 5 nitrogen and oxygen atoms in total. The van der Waals surface area contributed by atoms with Crippen molar-refractivity contribution >= 4 is 17.7 Å². The van der Waals surface area contributed by atoms with Gasteiger partial charge in [0.1, 0.15) is 0 Å². The number of carbonyl (C=O) groups is 1. The number of nitrogens with zero attached hydrogens (tertiary/aromatic N) is 3. The minimum Gasteiger partial charge on any atom is -0.379 e. The van der Waals surface area contributed by atoms with Gasteiger partial charge in [0.2, 0.25) is 5.91 Å². The first-order chi connectivity index (χ1) is 13.2. The second kappa shape index (κ2) is 10.5. The van der Waals surface area contributed by atoms with Crippen molar-refractivity contribution < 1.29 is 9.53 Å². The van der Waals surface area contributed by atoms with Crippen LogP contribution in [0.2, 0.25) is 0 Å². The number of aryl methyl sites for hydroxylation is 1. The Morgan fingerprint density at radius 1 is 1.15 bits per heavy atom. The zero-order valence-corrected chi connectivity index (χ0v) is 16.9. The average Bonchev–Trinajstić information content (AvgIpc) is 3.11. The Morgan fingerprint density at radius 3 is 2.63 bits per heavy atom. The van der Waals surface area contributed by atoms with E-state index in [4.69, 9.17) is 4.74 Å². The summed E-state index contributed by atoms with van der Waals surface area (Å²) in [6.45, 7) is 6.11. The van der Waals surface area contributed by atoms with E-state index < -0.39 is 0 Å². The van der Waals surface area contributed by atoms with Crippen molar-refractivity contribution in [1.29, 1.82) is 0 Å². The molecular weight excluding hydrogens is 358 g/mol. The van der Waals surface area contributed by atoms with Gasteiger partial charge in [-0.15, -0.1) is 11.8 Å². The Hall–Kier alpha value is -1.76. The number of hydrogen-bond donors (Lipinski definition) is 0. The van der Waals surface area contributed by atoms with Crippen molar-refractivity contribution in [2.24, 2.45) is 7.05 Å². The van der Waals surface area contributed by atoms with Gasteiger partial charge < -0.3 is 14.2 Å². The van der Waals surface area contributed by atoms with Crippen LogP contribution in [0.3, 0.4) is 0 Å². The largest absolute Gasteiger partial charge is 0.379 e. The lowest BCUT2D eigenvalue weighted by Gasteiger charge is -2.28. The number of carbonyl (C=O) groups excluding carboxylic acids is 1. The lowest BCUT2D eigenvalue weighted by molar-refractivity contribution is -0.129. The quantitative estimate of drug-likeness (QED) is 0.620. The van der Waals surface area contributed by atoms with Gasteiger partial charge in [-0.25, -0.2) is 0 Å². The summed E-state index contributed by atoms with van der Waals surface area (Å²) in [5.74, 6) is 0.679. The van der Waals surface area contributed by atoms with Crippen LogP contribution < -0.4 is 0 Å². The van der Waals surface area contributed by atoms with Gasteiger partial charge in [0, 0.05) is 50.0 Å². The topological polar surface area (TPSA) is 37.7 Å². The number of aromatic nitrogens is 1. The Kier molecular flexibility index (Phi) is 7.80. The van der Waals surface area contributed by atoms with Crippen LogP contribution in [0.1, 0.15) is 12.1 Å². The average molecular weight is 388 g/mol. The lowest BCUT2D eigenvalue weighted by atomic mass is 10.3. The van der Waals surface area contributed by atoms with Crippen molar-refractivity contribution in [3.63, 3.8) is 0 Å². The molecule has 0 radical (unpaired) electrons. The number of ether oxygens (including phenoxy) is 1. The van der Waals surface area contributed by atoms with E-state index >= 15 is 0 Å². The maximum absolute atomic E-state index is 12.9. The fourth-order valence-corrected chi connectivity index (χ4v) is 4.03. The highest BCUT2D eigenvalue weighted by molar-refractivity contribution is 8.00. The summed E-state index contributed by atoms with van der Waals surface area (Å²) < 4.78 is 7.50. The molecule has 1 aromatic carbocycles. The van der Waals surface area contributed by atoms with Gasteiger partial charge in [0.05, 0.1) is 25.5 Å². The molecule has 0 unspecified atom stereocenters. The van der Waals surface area contributed by atoms with E-state index in [-0.39, 0.29) is 5.91 Å². The summed E-state index contributed by atoms with van der Waals surface area (Å²) >= 11 is 1.61. The fraction of sp³-hybridized carbons (Fsp3) is 0.476. The van der Waals surface area contributed by atoms with E-state index in [0.717, 1.165) is 50.7 Å². The van der Waals surface area contributed by atoms with Crippen molar-refractivity contribution in [3.8, 4) is 0 Å². The van der Waals surface area contributed by atoms with E-state index in [1.165, 1.54) is 5.69 Å². The smallest absolute Gasteiger partial charge is 0.233 e. The van der Waals surface area contributed by atoms with Crippen molar-refractivity contribution in [2.45, 2.75) is 17.9 Å². The Bertz CT molecular complexity index is 698. The van der Waals surface area contributed by atoms with Gasteiger partial charge in [-0.2, -0.15) is 0 Å². The SMILES string of the molecule is Cn1cccc1CN(CCCN1CCOCC1)C(=O)CSc1ccccc1. The van der Waals surface area contributed by atoms with Crippen molar-refractivity contribution in [3.05, 3.63) is 54.4 Å². The van der Waals surface area contributed by atoms with Crippen LogP contribution in [0.5, 0.6) is 0 Å². The number of rotatable bonds is 9. The summed E-state index contributed by atoms with van der Waals surface area (Å²) in [5, 5.41) is 0. The Morgan fingerprint density at radius 2 is 1.93 bits per heavy atom. The number of thioether (sulfide) groups is 1. The van der Waals surface area contributed by atoms with Crippen LogP contribution >= 0.6 is 11.8 Å². The molecule has 0 atom stereocenters. The highest BCUT2D eigenvalue weighted by atomic mass is 32.2. The number of hydrogen-bond acceptors (Lipinski definition) is 4. The van der Waals surface area contributed by atoms with Crippen molar-refractivity contribution in [1.82, 2.24) is 14.4 Å². The number of morpholine rings is 1. The maximum atomic E-state index is 12.9. The van der Waals surface area contributed by atoms with E-state index in [2.05, 4.69) is 27.7 Å². The standard InChI is InChI=1S/C21H29N3O2S/c1-22-10-5-7-19(22)17-24(12-6-11-23-13-15-26-16-14-23)21(25)18-27-20-8-3-2-4-9-20/h2-5,7-10H,6,11-18H2,1H3. The van der Waals surface area contributed by atoms with Gasteiger partial charge in [0.15, 0.2) is 0 Å². The highest BCUT2D eigenvalue weighted by Crippen LogP contribution is 2.18. The highest BCUT2D eigenvalue weighted by Gasteiger charge is 2.17. The van der Waals surface area contributed by atoms with E-state index in [0.29, 0.717) is 12.3 Å². The van der Waals surface area contributed by atoms with Crippen LogP contribution in [0, 0.1) is 0 Å². The predicted molar refractivity (Wildman–Crippen MR) is 110 cm³/mol. The molecule has 0 saturated carbocycles. The monoisotopic (exact) mass is 387 g/mol. The minimum atomic E-state index is 0.201. The van der Waals surface area contributed by atoms with Crippen LogP contribution in [-0.2, 0) is 23.1 Å². The third-order valence-electron chi connectivity index (χ3n) is 4.87. The zero-order chi connectivity index (χ0) is 18.9. The van der Waals surface area contributed by atoms with E-state index in [9.17, 15) is 4.79 Å². The first kappa shape index (κ1) is 20.0. The number of benzene rings is 1. The molecular formula is C21H29N3O2S. The summed E-state index contributed by atoms with van der Waals surface area (Å²) in [6.07, 6.45) is 3.02. The third-order valence-corrected chi connectivity index (χ3v) is 5.87. The second-order valence-electron chi connectivity index (χ2n) is 6.84. The molecule has 1 aromatic heterocycles. The molecule has 2 aromatic rings. The second-order valence-corrected chi connectivity index (χ2v) is 7.88. The van der Waals surface area contributed by atoms with Gasteiger partial charge in [0.25, 0.3) is 0 Å². The van der Waals surface area contributed by atoms with Crippen molar-refractivity contribution in [2.75, 3.05) is 45.1 Å². The lowest BCUT2D eigenvalue weighted by Crippen LogP contribution is -2.39. The molecule has 1 amide bonds. The summed E-state index contributed by atoms with van der Waals surface area (Å²) in [4.78, 5) is 18.5.